The Morgan fingerprint density at radius 1 is 0.300 bits per heavy atom. The van der Waals surface area contributed by atoms with Crippen LogP contribution in [0.25, 0.3) is 109 Å². The van der Waals surface area contributed by atoms with Crippen molar-refractivity contribution in [3.05, 3.63) is 170 Å². The first-order chi connectivity index (χ1) is 24.8. The van der Waals surface area contributed by atoms with Gasteiger partial charge in [0.25, 0.3) is 0 Å². The molecule has 8 aromatic carbocycles. The second-order valence-electron chi connectivity index (χ2n) is 13.2. The Balaban J connectivity index is 1.28. The minimum absolute atomic E-state index is 0.909. The zero-order valence-corrected chi connectivity index (χ0v) is 27.8. The number of hydrogen-bond acceptors (Lipinski definition) is 2. The van der Waals surface area contributed by atoms with Gasteiger partial charge in [-0.05, 0) is 115 Å². The summed E-state index contributed by atoms with van der Waals surface area (Å²) in [6.07, 6.45) is 0. The molecule has 50 heavy (non-hydrogen) atoms. The quantitative estimate of drug-likeness (QED) is 0.181. The monoisotopic (exact) mass is 652 g/mol. The summed E-state index contributed by atoms with van der Waals surface area (Å²) < 4.78 is 8.88. The van der Waals surface area contributed by atoms with E-state index in [9.17, 15) is 0 Å². The van der Waals surface area contributed by atoms with Crippen molar-refractivity contribution in [2.75, 3.05) is 0 Å². The van der Waals surface area contributed by atoms with Crippen molar-refractivity contribution < 1.29 is 4.42 Å². The lowest BCUT2D eigenvalue weighted by atomic mass is 9.77. The first kappa shape index (κ1) is 27.7. The summed E-state index contributed by atoms with van der Waals surface area (Å²) in [5.74, 6) is 0. The first-order valence-corrected chi connectivity index (χ1v) is 17.9. The molecule has 0 aliphatic heterocycles. The summed E-state index contributed by atoms with van der Waals surface area (Å²) in [4.78, 5) is 0. The third-order valence-electron chi connectivity index (χ3n) is 10.5. The molecular weight excluding hydrogens is 625 g/mol. The molecule has 0 bridgehead atoms. The lowest BCUT2D eigenvalue weighted by molar-refractivity contribution is 0.669. The molecule has 0 atom stereocenters. The Hall–Kier alpha value is -6.22. The van der Waals surface area contributed by atoms with Crippen LogP contribution in [0.2, 0.25) is 0 Å². The summed E-state index contributed by atoms with van der Waals surface area (Å²) in [6.45, 7) is 0. The van der Waals surface area contributed by atoms with Gasteiger partial charge in [-0.25, -0.2) is 0 Å². The highest BCUT2D eigenvalue weighted by molar-refractivity contribution is 7.25. The van der Waals surface area contributed by atoms with E-state index in [4.69, 9.17) is 4.42 Å². The molecule has 0 amide bonds. The van der Waals surface area contributed by atoms with E-state index in [1.54, 1.807) is 0 Å². The molecule has 0 saturated carbocycles. The second kappa shape index (κ2) is 10.6. The molecule has 1 aliphatic carbocycles. The van der Waals surface area contributed by atoms with Gasteiger partial charge in [0.1, 0.15) is 11.2 Å². The van der Waals surface area contributed by atoms with E-state index < -0.39 is 0 Å². The summed E-state index contributed by atoms with van der Waals surface area (Å²) in [6, 6.07) is 62.4. The summed E-state index contributed by atoms with van der Waals surface area (Å²) in [5, 5.41) is 4.89. The van der Waals surface area contributed by atoms with Crippen LogP contribution < -0.4 is 0 Å². The molecule has 2 heterocycles. The predicted octanol–water partition coefficient (Wildman–Crippen LogP) is 14.3. The van der Waals surface area contributed by atoms with Gasteiger partial charge < -0.3 is 4.42 Å². The predicted molar refractivity (Wildman–Crippen MR) is 213 cm³/mol. The Kier molecular flexibility index (Phi) is 5.89. The first-order valence-electron chi connectivity index (χ1n) is 17.1. The van der Waals surface area contributed by atoms with Crippen molar-refractivity contribution in [3.63, 3.8) is 0 Å². The number of benzene rings is 8. The molecule has 0 fully saturated rings. The van der Waals surface area contributed by atoms with Crippen molar-refractivity contribution in [3.8, 4) is 66.8 Å². The summed E-state index contributed by atoms with van der Waals surface area (Å²) in [5.41, 5.74) is 16.6. The average molecular weight is 653 g/mol. The maximum absolute atomic E-state index is 6.25. The average Bonchev–Trinajstić information content (AvgIpc) is 3.74. The lowest BCUT2D eigenvalue weighted by Gasteiger charge is -2.26. The molecule has 0 saturated heterocycles. The van der Waals surface area contributed by atoms with Crippen molar-refractivity contribution in [1.29, 1.82) is 0 Å². The van der Waals surface area contributed by atoms with Gasteiger partial charge in [-0.2, -0.15) is 0 Å². The molecule has 10 aromatic rings. The smallest absolute Gasteiger partial charge is 0.135 e. The number of rotatable bonds is 2. The van der Waals surface area contributed by atoms with E-state index in [1.165, 1.54) is 86.9 Å². The minimum Gasteiger partial charge on any atom is -0.456 e. The fraction of sp³-hybridized carbons (Fsp3) is 0. The molecule has 2 aromatic heterocycles. The van der Waals surface area contributed by atoms with Crippen LogP contribution in [0.15, 0.2) is 174 Å². The maximum atomic E-state index is 6.25. The molecule has 2 heteroatoms. The minimum atomic E-state index is 0.909. The van der Waals surface area contributed by atoms with Crippen molar-refractivity contribution >= 4 is 53.4 Å². The highest BCUT2D eigenvalue weighted by Crippen LogP contribution is 2.52. The molecule has 232 valence electrons. The van der Waals surface area contributed by atoms with Crippen LogP contribution in [-0.4, -0.2) is 0 Å². The van der Waals surface area contributed by atoms with Crippen molar-refractivity contribution in [2.24, 2.45) is 0 Å². The van der Waals surface area contributed by atoms with E-state index in [0.29, 0.717) is 0 Å². The number of para-hydroxylation sites is 1. The van der Waals surface area contributed by atoms with E-state index in [-0.39, 0.29) is 0 Å². The van der Waals surface area contributed by atoms with Gasteiger partial charge in [0.05, 0.1) is 0 Å². The highest BCUT2D eigenvalue weighted by Gasteiger charge is 2.25. The van der Waals surface area contributed by atoms with E-state index in [0.717, 1.165) is 21.9 Å². The number of fused-ring (bicyclic) bond motifs is 14. The van der Waals surface area contributed by atoms with Crippen molar-refractivity contribution in [1.82, 2.24) is 0 Å². The Morgan fingerprint density at radius 2 is 0.820 bits per heavy atom. The molecule has 1 aliphatic rings. The third-order valence-corrected chi connectivity index (χ3v) is 11.6. The van der Waals surface area contributed by atoms with Crippen LogP contribution in [0.5, 0.6) is 0 Å². The van der Waals surface area contributed by atoms with Crippen LogP contribution >= 0.6 is 11.3 Å². The molecule has 0 N–H and O–H groups in total. The van der Waals surface area contributed by atoms with Gasteiger partial charge in [-0.1, -0.05) is 121 Å². The highest BCUT2D eigenvalue weighted by atomic mass is 32.1. The van der Waals surface area contributed by atoms with Crippen LogP contribution in [0.4, 0.5) is 0 Å². The normalized spacial score (nSPS) is 12.0. The largest absolute Gasteiger partial charge is 0.456 e. The fourth-order valence-electron chi connectivity index (χ4n) is 8.18. The number of hydrogen-bond donors (Lipinski definition) is 0. The molecular formula is C48H28OS. The van der Waals surface area contributed by atoms with Gasteiger partial charge in [0.2, 0.25) is 0 Å². The standard InChI is InChI=1S/C48H28OS/c1-2-12-33-32(11-1)34-13-3-4-15-36(34)43-28-31(29-21-23-45-41(25-29)37-16-7-9-19-44(37)49-45)27-40(48(43)39-18-6-5-14-35(33)39)30-22-24-47-42(26-30)38-17-8-10-20-46(38)50-47/h1-28H. The fourth-order valence-corrected chi connectivity index (χ4v) is 9.27. The van der Waals surface area contributed by atoms with Crippen LogP contribution in [0.1, 0.15) is 0 Å². The van der Waals surface area contributed by atoms with Crippen LogP contribution in [0.3, 0.4) is 0 Å². The molecule has 1 nitrogen and oxygen atoms in total. The van der Waals surface area contributed by atoms with Gasteiger partial charge in [0.15, 0.2) is 0 Å². The van der Waals surface area contributed by atoms with Gasteiger partial charge >= 0.3 is 0 Å². The molecule has 0 spiro atoms. The van der Waals surface area contributed by atoms with E-state index in [1.807, 2.05) is 17.4 Å². The third kappa shape index (κ3) is 4.06. The second-order valence-corrected chi connectivity index (χ2v) is 14.3. The molecule has 11 rings (SSSR count). The Morgan fingerprint density at radius 3 is 1.58 bits per heavy atom. The van der Waals surface area contributed by atoms with E-state index in [2.05, 4.69) is 164 Å². The Bertz CT molecular complexity index is 2990. The zero-order valence-electron chi connectivity index (χ0n) is 27.0. The van der Waals surface area contributed by atoms with E-state index >= 15 is 0 Å². The van der Waals surface area contributed by atoms with Crippen LogP contribution in [-0.2, 0) is 0 Å². The Labute approximate surface area is 293 Å². The van der Waals surface area contributed by atoms with Gasteiger partial charge in [-0.15, -0.1) is 11.3 Å². The number of furan rings is 1. The van der Waals surface area contributed by atoms with Crippen LogP contribution in [0, 0.1) is 0 Å². The van der Waals surface area contributed by atoms with Gasteiger partial charge in [-0.3, -0.25) is 0 Å². The van der Waals surface area contributed by atoms with Gasteiger partial charge in [0, 0.05) is 30.9 Å². The topological polar surface area (TPSA) is 13.1 Å². The number of thiophene rings is 1. The summed E-state index contributed by atoms with van der Waals surface area (Å²) in [7, 11) is 0. The summed E-state index contributed by atoms with van der Waals surface area (Å²) >= 11 is 1.87. The maximum Gasteiger partial charge on any atom is 0.135 e. The zero-order chi connectivity index (χ0) is 32.8. The molecule has 0 radical (unpaired) electrons. The SMILES string of the molecule is c1ccc2c(c1)-c1ccccc1-c1cc(-c3ccc4oc5ccccc5c4c3)cc(-c3ccc4sc5ccccc5c4c3)c1-c1ccccc1-2. The molecule has 0 unspecified atom stereocenters. The lowest BCUT2D eigenvalue weighted by Crippen LogP contribution is -1.99. The van der Waals surface area contributed by atoms with Crippen molar-refractivity contribution in [2.45, 2.75) is 0 Å².